The number of ether oxygens (including phenoxy) is 1. The van der Waals surface area contributed by atoms with Crippen LogP contribution in [0.4, 0.5) is 5.69 Å². The van der Waals surface area contributed by atoms with Crippen molar-refractivity contribution in [1.29, 1.82) is 0 Å². The van der Waals surface area contributed by atoms with Gasteiger partial charge in [-0.15, -0.1) is 0 Å². The van der Waals surface area contributed by atoms with Crippen molar-refractivity contribution in [2.24, 2.45) is 0 Å². The Kier molecular flexibility index (Phi) is 4.80. The number of aromatic hydroxyl groups is 1. The molecular weight excluding hydrogens is 388 g/mol. The minimum atomic E-state index is -0.131. The Balaban J connectivity index is 1.34. The first kappa shape index (κ1) is 18.8. The van der Waals surface area contributed by atoms with Gasteiger partial charge < -0.3 is 14.7 Å². The largest absolute Gasteiger partial charge is 0.493 e. The predicted octanol–water partition coefficient (Wildman–Crippen LogP) is 5.31. The number of aromatic nitrogens is 3. The van der Waals surface area contributed by atoms with Crippen LogP contribution in [-0.4, -0.2) is 27.1 Å². The lowest BCUT2D eigenvalue weighted by molar-refractivity contribution is 0.412. The van der Waals surface area contributed by atoms with Gasteiger partial charge in [0.1, 0.15) is 5.75 Å². The van der Waals surface area contributed by atoms with Crippen LogP contribution in [0.25, 0.3) is 21.7 Å². The molecule has 1 N–H and O–H groups in total. The van der Waals surface area contributed by atoms with Gasteiger partial charge >= 0.3 is 6.01 Å². The van der Waals surface area contributed by atoms with E-state index in [2.05, 4.69) is 69.4 Å². The minimum absolute atomic E-state index is 0.0786. The van der Waals surface area contributed by atoms with Crippen LogP contribution in [-0.2, 0) is 6.54 Å². The summed E-state index contributed by atoms with van der Waals surface area (Å²) in [5.74, 6) is 0.457. The molecule has 0 unspecified atom stereocenters. The standard InChI is InChI=1S/C25H20N4O2/c1-29(16-18-7-4-6-17-5-2-3-8-21(17)18)19-9-11-20(12-10-19)31-25-27-23-15-26-14-13-22(23)24(30)28-25/h2-15H,16H2,1H3,(H,27,28,30). The molecule has 0 amide bonds. The summed E-state index contributed by atoms with van der Waals surface area (Å²) in [6.07, 6.45) is 3.15. The van der Waals surface area contributed by atoms with Crippen LogP contribution in [0.1, 0.15) is 5.56 Å². The summed E-state index contributed by atoms with van der Waals surface area (Å²) in [5, 5.41) is 13.1. The van der Waals surface area contributed by atoms with Gasteiger partial charge in [0.05, 0.1) is 17.1 Å². The zero-order valence-electron chi connectivity index (χ0n) is 16.9. The summed E-state index contributed by atoms with van der Waals surface area (Å²) in [6.45, 7) is 0.788. The summed E-state index contributed by atoms with van der Waals surface area (Å²) < 4.78 is 5.75. The number of rotatable bonds is 5. The molecular formula is C25H20N4O2. The molecule has 6 nitrogen and oxygen atoms in total. The monoisotopic (exact) mass is 408 g/mol. The van der Waals surface area contributed by atoms with Crippen LogP contribution in [0.3, 0.4) is 0 Å². The zero-order chi connectivity index (χ0) is 21.2. The van der Waals surface area contributed by atoms with Crippen molar-refractivity contribution in [3.63, 3.8) is 0 Å². The van der Waals surface area contributed by atoms with Gasteiger partial charge in [0.25, 0.3) is 0 Å². The van der Waals surface area contributed by atoms with Gasteiger partial charge in [0, 0.05) is 25.5 Å². The molecule has 152 valence electrons. The third kappa shape index (κ3) is 3.83. The van der Waals surface area contributed by atoms with Crippen molar-refractivity contribution in [1.82, 2.24) is 15.0 Å². The van der Waals surface area contributed by atoms with Gasteiger partial charge in [-0.1, -0.05) is 42.5 Å². The summed E-state index contributed by atoms with van der Waals surface area (Å²) >= 11 is 0. The van der Waals surface area contributed by atoms with Gasteiger partial charge in [0.15, 0.2) is 0 Å². The fourth-order valence-electron chi connectivity index (χ4n) is 3.64. The molecule has 5 rings (SSSR count). The van der Waals surface area contributed by atoms with Gasteiger partial charge in [-0.25, -0.2) is 0 Å². The Morgan fingerprint density at radius 1 is 0.871 bits per heavy atom. The highest BCUT2D eigenvalue weighted by Gasteiger charge is 2.10. The van der Waals surface area contributed by atoms with E-state index in [1.807, 2.05) is 24.3 Å². The average molecular weight is 408 g/mol. The number of hydrogen-bond acceptors (Lipinski definition) is 6. The number of hydrogen-bond donors (Lipinski definition) is 1. The maximum atomic E-state index is 10.1. The normalized spacial score (nSPS) is 11.0. The Morgan fingerprint density at radius 2 is 1.68 bits per heavy atom. The van der Waals surface area contributed by atoms with Crippen molar-refractivity contribution >= 4 is 27.4 Å². The number of pyridine rings is 1. The van der Waals surface area contributed by atoms with Crippen molar-refractivity contribution in [2.75, 3.05) is 11.9 Å². The lowest BCUT2D eigenvalue weighted by atomic mass is 10.0. The van der Waals surface area contributed by atoms with Gasteiger partial charge in [0.2, 0.25) is 5.88 Å². The fraction of sp³-hybridized carbons (Fsp3) is 0.0800. The Labute approximate surface area is 179 Å². The van der Waals surface area contributed by atoms with E-state index >= 15 is 0 Å². The molecule has 0 fully saturated rings. The van der Waals surface area contributed by atoms with Crippen LogP contribution < -0.4 is 9.64 Å². The first-order valence-electron chi connectivity index (χ1n) is 9.94. The van der Waals surface area contributed by atoms with Crippen LogP contribution in [0.5, 0.6) is 17.6 Å². The second kappa shape index (κ2) is 7.91. The Hall–Kier alpha value is -4.19. The molecule has 0 saturated heterocycles. The molecule has 0 radical (unpaired) electrons. The first-order chi connectivity index (χ1) is 15.2. The Morgan fingerprint density at radius 3 is 2.55 bits per heavy atom. The number of anilines is 1. The van der Waals surface area contributed by atoms with E-state index in [4.69, 9.17) is 4.74 Å². The van der Waals surface area contributed by atoms with Crippen LogP contribution >= 0.6 is 0 Å². The molecule has 0 aliphatic carbocycles. The highest BCUT2D eigenvalue weighted by Crippen LogP contribution is 2.28. The van der Waals surface area contributed by atoms with Crippen LogP contribution in [0, 0.1) is 0 Å². The summed E-state index contributed by atoms with van der Waals surface area (Å²) in [4.78, 5) is 14.5. The highest BCUT2D eigenvalue weighted by atomic mass is 16.5. The van der Waals surface area contributed by atoms with Crippen molar-refractivity contribution in [3.05, 3.63) is 90.8 Å². The van der Waals surface area contributed by atoms with E-state index in [9.17, 15) is 5.11 Å². The molecule has 0 spiro atoms. The number of nitrogens with zero attached hydrogens (tertiary/aromatic N) is 4. The third-order valence-corrected chi connectivity index (χ3v) is 5.23. The fourth-order valence-corrected chi connectivity index (χ4v) is 3.64. The molecule has 0 bridgehead atoms. The Bertz CT molecular complexity index is 1360. The molecule has 0 aliphatic heterocycles. The lowest BCUT2D eigenvalue weighted by Crippen LogP contribution is -2.16. The second-order valence-electron chi connectivity index (χ2n) is 7.31. The van der Waals surface area contributed by atoms with Crippen molar-refractivity contribution < 1.29 is 9.84 Å². The van der Waals surface area contributed by atoms with E-state index in [1.165, 1.54) is 16.3 Å². The van der Waals surface area contributed by atoms with Gasteiger partial charge in [-0.3, -0.25) is 4.98 Å². The minimum Gasteiger partial charge on any atom is -0.493 e. The molecule has 3 aromatic carbocycles. The molecule has 6 heteroatoms. The summed E-state index contributed by atoms with van der Waals surface area (Å²) in [5.41, 5.74) is 2.86. The maximum Gasteiger partial charge on any atom is 0.325 e. The third-order valence-electron chi connectivity index (χ3n) is 5.23. The summed E-state index contributed by atoms with van der Waals surface area (Å²) in [6, 6.07) is 24.3. The SMILES string of the molecule is CN(Cc1cccc2ccccc12)c1ccc(Oc2nc(O)c3ccncc3n2)cc1. The quantitative estimate of drug-likeness (QED) is 0.425. The predicted molar refractivity (Wildman–Crippen MR) is 122 cm³/mol. The topological polar surface area (TPSA) is 71.4 Å². The second-order valence-corrected chi connectivity index (χ2v) is 7.31. The van der Waals surface area contributed by atoms with E-state index in [1.54, 1.807) is 18.5 Å². The van der Waals surface area contributed by atoms with E-state index in [-0.39, 0.29) is 11.9 Å². The van der Waals surface area contributed by atoms with Crippen LogP contribution in [0.15, 0.2) is 85.2 Å². The van der Waals surface area contributed by atoms with E-state index in [0.717, 1.165) is 12.2 Å². The first-order valence-corrected chi connectivity index (χ1v) is 9.94. The molecule has 2 heterocycles. The average Bonchev–Trinajstić information content (AvgIpc) is 2.80. The highest BCUT2D eigenvalue weighted by molar-refractivity contribution is 5.86. The van der Waals surface area contributed by atoms with Gasteiger partial charge in [-0.05, 0) is 46.7 Å². The smallest absolute Gasteiger partial charge is 0.325 e. The van der Waals surface area contributed by atoms with E-state index in [0.29, 0.717) is 16.7 Å². The lowest BCUT2D eigenvalue weighted by Gasteiger charge is -2.20. The molecule has 5 aromatic rings. The molecule has 31 heavy (non-hydrogen) atoms. The van der Waals surface area contributed by atoms with Gasteiger partial charge in [-0.2, -0.15) is 9.97 Å². The number of benzene rings is 3. The molecule has 0 aliphatic rings. The maximum absolute atomic E-state index is 10.1. The van der Waals surface area contributed by atoms with Crippen LogP contribution in [0.2, 0.25) is 0 Å². The van der Waals surface area contributed by atoms with Crippen molar-refractivity contribution in [2.45, 2.75) is 6.54 Å². The number of fused-ring (bicyclic) bond motifs is 2. The van der Waals surface area contributed by atoms with Crippen molar-refractivity contribution in [3.8, 4) is 17.6 Å². The molecule has 0 saturated carbocycles. The molecule has 0 atom stereocenters. The molecule has 2 aromatic heterocycles. The summed E-state index contributed by atoms with van der Waals surface area (Å²) in [7, 11) is 2.06. The van der Waals surface area contributed by atoms with E-state index < -0.39 is 0 Å². The zero-order valence-corrected chi connectivity index (χ0v) is 16.9.